The van der Waals surface area contributed by atoms with Crippen LogP contribution in [0.5, 0.6) is 0 Å². The third-order valence-corrected chi connectivity index (χ3v) is 3.10. The summed E-state index contributed by atoms with van der Waals surface area (Å²) in [6.07, 6.45) is 5.54. The number of hydrogen-bond acceptors (Lipinski definition) is 4. The molecule has 2 heterocycles. The summed E-state index contributed by atoms with van der Waals surface area (Å²) >= 11 is 0. The van der Waals surface area contributed by atoms with Crippen molar-refractivity contribution in [1.82, 2.24) is 9.55 Å². The number of imidazole rings is 1. The van der Waals surface area contributed by atoms with Crippen LogP contribution in [0.1, 0.15) is 39.7 Å². The maximum Gasteiger partial charge on any atom is 0.337 e. The number of hydrogen-bond donors (Lipinski definition) is 1. The van der Waals surface area contributed by atoms with E-state index in [1.807, 2.05) is 24.6 Å². The summed E-state index contributed by atoms with van der Waals surface area (Å²) in [6, 6.07) is 0.0211. The minimum Gasteiger partial charge on any atom is -0.463 e. The molecule has 0 saturated carbocycles. The Kier molecular flexibility index (Phi) is 3.69. The number of rotatable bonds is 4. The summed E-state index contributed by atoms with van der Waals surface area (Å²) in [4.78, 5) is 16.3. The number of anilines is 1. The van der Waals surface area contributed by atoms with E-state index in [1.165, 1.54) is 0 Å². The second-order valence-corrected chi connectivity index (χ2v) is 4.35. The third-order valence-electron chi connectivity index (χ3n) is 3.10. The molecule has 0 aliphatic carbocycles. The number of ether oxygens (including phenoxy) is 1. The molecule has 0 amide bonds. The van der Waals surface area contributed by atoms with Crippen LogP contribution in [0.25, 0.3) is 0 Å². The lowest BCUT2D eigenvalue weighted by atomic mass is 9.99. The Morgan fingerprint density at radius 3 is 3.00 bits per heavy atom. The first-order valence-electron chi connectivity index (χ1n) is 6.36. The van der Waals surface area contributed by atoms with Crippen LogP contribution in [0, 0.1) is 0 Å². The molecular weight excluding hydrogens is 230 g/mol. The second kappa shape index (κ2) is 5.25. The highest BCUT2D eigenvalue weighted by Crippen LogP contribution is 2.33. The molecule has 1 unspecified atom stereocenters. The molecule has 0 saturated heterocycles. The predicted octanol–water partition coefficient (Wildman–Crippen LogP) is 2.49. The maximum atomic E-state index is 12.1. The van der Waals surface area contributed by atoms with E-state index in [4.69, 9.17) is 4.74 Å². The van der Waals surface area contributed by atoms with Gasteiger partial charge >= 0.3 is 5.97 Å². The second-order valence-electron chi connectivity index (χ2n) is 4.35. The van der Waals surface area contributed by atoms with Gasteiger partial charge < -0.3 is 14.6 Å². The Morgan fingerprint density at radius 1 is 1.56 bits per heavy atom. The van der Waals surface area contributed by atoms with Crippen molar-refractivity contribution >= 4 is 11.9 Å². The van der Waals surface area contributed by atoms with E-state index in [9.17, 15) is 4.79 Å². The summed E-state index contributed by atoms with van der Waals surface area (Å²) in [5.41, 5.74) is 1.55. The number of nitrogens with one attached hydrogen (secondary N) is 1. The van der Waals surface area contributed by atoms with Gasteiger partial charge in [-0.25, -0.2) is 9.78 Å². The smallest absolute Gasteiger partial charge is 0.337 e. The molecule has 5 nitrogen and oxygen atoms in total. The van der Waals surface area contributed by atoms with Gasteiger partial charge in [0, 0.05) is 18.1 Å². The van der Waals surface area contributed by atoms with Crippen molar-refractivity contribution in [2.24, 2.45) is 0 Å². The zero-order valence-corrected chi connectivity index (χ0v) is 11.1. The quantitative estimate of drug-likeness (QED) is 0.833. The molecular formula is C13H19N3O2. The third kappa shape index (κ3) is 2.12. The highest BCUT2D eigenvalue weighted by molar-refractivity contribution is 5.91. The van der Waals surface area contributed by atoms with Crippen LogP contribution in [-0.2, 0) is 9.53 Å². The predicted molar refractivity (Wildman–Crippen MR) is 69.1 cm³/mol. The monoisotopic (exact) mass is 249 g/mol. The molecule has 1 aliphatic rings. The Bertz CT molecular complexity index is 476. The van der Waals surface area contributed by atoms with E-state index >= 15 is 0 Å². The molecule has 2 rings (SSSR count). The Morgan fingerprint density at radius 2 is 2.33 bits per heavy atom. The lowest BCUT2D eigenvalue weighted by Crippen LogP contribution is -2.27. The molecule has 0 spiro atoms. The van der Waals surface area contributed by atoms with Crippen molar-refractivity contribution in [2.45, 2.75) is 39.7 Å². The van der Waals surface area contributed by atoms with Crippen LogP contribution < -0.4 is 5.32 Å². The van der Waals surface area contributed by atoms with Gasteiger partial charge in [0.15, 0.2) is 0 Å². The van der Waals surface area contributed by atoms with E-state index in [0.717, 1.165) is 24.5 Å². The Hall–Kier alpha value is -1.78. The normalized spacial score (nSPS) is 18.3. The number of fused-ring (bicyclic) bond motifs is 1. The summed E-state index contributed by atoms with van der Waals surface area (Å²) in [5.74, 6) is 0.555. The van der Waals surface area contributed by atoms with Gasteiger partial charge in [0.1, 0.15) is 0 Å². The largest absolute Gasteiger partial charge is 0.463 e. The topological polar surface area (TPSA) is 56.1 Å². The molecule has 0 bridgehead atoms. The molecule has 5 heteroatoms. The van der Waals surface area contributed by atoms with Crippen molar-refractivity contribution in [3.05, 3.63) is 23.7 Å². The van der Waals surface area contributed by atoms with Gasteiger partial charge in [-0.15, -0.1) is 0 Å². The van der Waals surface area contributed by atoms with Crippen LogP contribution in [-0.4, -0.2) is 22.1 Å². The SMILES string of the molecule is CCCC1C(C(=O)OCC)=C(C)Nc2nccn21. The molecule has 1 aliphatic heterocycles. The van der Waals surface area contributed by atoms with Crippen LogP contribution in [0.3, 0.4) is 0 Å². The fourth-order valence-electron chi connectivity index (χ4n) is 2.34. The minimum absolute atomic E-state index is 0.0211. The molecule has 18 heavy (non-hydrogen) atoms. The molecule has 0 aromatic carbocycles. The van der Waals surface area contributed by atoms with Gasteiger partial charge in [-0.05, 0) is 20.3 Å². The van der Waals surface area contributed by atoms with Crippen LogP contribution in [0.2, 0.25) is 0 Å². The van der Waals surface area contributed by atoms with E-state index in [-0.39, 0.29) is 12.0 Å². The minimum atomic E-state index is -0.236. The summed E-state index contributed by atoms with van der Waals surface area (Å²) in [6.45, 7) is 6.22. The number of esters is 1. The summed E-state index contributed by atoms with van der Waals surface area (Å²) in [7, 11) is 0. The average Bonchev–Trinajstić information content (AvgIpc) is 2.77. The lowest BCUT2D eigenvalue weighted by molar-refractivity contribution is -0.139. The number of aromatic nitrogens is 2. The van der Waals surface area contributed by atoms with Crippen LogP contribution in [0.4, 0.5) is 5.95 Å². The lowest BCUT2D eigenvalue weighted by Gasteiger charge is -2.28. The van der Waals surface area contributed by atoms with Crippen LogP contribution >= 0.6 is 0 Å². The number of carbonyl (C=O) groups excluding carboxylic acids is 1. The molecule has 0 fully saturated rings. The van der Waals surface area contributed by atoms with Crippen molar-refractivity contribution in [2.75, 3.05) is 11.9 Å². The molecule has 1 N–H and O–H groups in total. The van der Waals surface area contributed by atoms with Gasteiger partial charge in [0.05, 0.1) is 18.2 Å². The zero-order valence-electron chi connectivity index (χ0n) is 11.1. The van der Waals surface area contributed by atoms with Crippen molar-refractivity contribution < 1.29 is 9.53 Å². The first-order chi connectivity index (χ1) is 8.69. The molecule has 1 aromatic rings. The highest BCUT2D eigenvalue weighted by Gasteiger charge is 2.30. The summed E-state index contributed by atoms with van der Waals surface area (Å²) < 4.78 is 7.15. The van der Waals surface area contributed by atoms with Crippen molar-refractivity contribution in [3.8, 4) is 0 Å². The fraction of sp³-hybridized carbons (Fsp3) is 0.538. The molecule has 1 aromatic heterocycles. The fourth-order valence-corrected chi connectivity index (χ4v) is 2.34. The first-order valence-corrected chi connectivity index (χ1v) is 6.36. The average molecular weight is 249 g/mol. The highest BCUT2D eigenvalue weighted by atomic mass is 16.5. The number of allylic oxidation sites excluding steroid dienone is 1. The zero-order chi connectivity index (χ0) is 13.1. The Balaban J connectivity index is 2.38. The Labute approximate surface area is 107 Å². The summed E-state index contributed by atoms with van der Waals surface area (Å²) in [5, 5.41) is 3.15. The van der Waals surface area contributed by atoms with Crippen molar-refractivity contribution in [1.29, 1.82) is 0 Å². The molecule has 1 atom stereocenters. The first kappa shape index (κ1) is 12.7. The molecule has 98 valence electrons. The van der Waals surface area contributed by atoms with Crippen molar-refractivity contribution in [3.63, 3.8) is 0 Å². The van der Waals surface area contributed by atoms with E-state index in [1.54, 1.807) is 6.20 Å². The van der Waals surface area contributed by atoms with Gasteiger partial charge in [-0.3, -0.25) is 0 Å². The van der Waals surface area contributed by atoms with E-state index < -0.39 is 0 Å². The number of carbonyl (C=O) groups is 1. The van der Waals surface area contributed by atoms with E-state index in [2.05, 4.69) is 17.2 Å². The standard InChI is InChI=1S/C13H19N3O2/c1-4-6-10-11(12(17)18-5-2)9(3)15-13-14-7-8-16(10)13/h7-8,10H,4-6H2,1-3H3,(H,14,15). The van der Waals surface area contributed by atoms with Gasteiger partial charge in [0.25, 0.3) is 0 Å². The van der Waals surface area contributed by atoms with E-state index in [0.29, 0.717) is 12.2 Å². The maximum absolute atomic E-state index is 12.1. The van der Waals surface area contributed by atoms with Gasteiger partial charge in [-0.2, -0.15) is 0 Å². The van der Waals surface area contributed by atoms with Gasteiger partial charge in [0.2, 0.25) is 5.95 Å². The number of nitrogens with zero attached hydrogens (tertiary/aromatic N) is 2. The van der Waals surface area contributed by atoms with Gasteiger partial charge in [-0.1, -0.05) is 13.3 Å². The van der Waals surface area contributed by atoms with Crippen LogP contribution in [0.15, 0.2) is 23.7 Å². The molecule has 0 radical (unpaired) electrons.